The van der Waals surface area contributed by atoms with Gasteiger partial charge in [0.1, 0.15) is 0 Å². The van der Waals surface area contributed by atoms with E-state index in [0.29, 0.717) is 5.92 Å². The minimum atomic E-state index is 0.631. The summed E-state index contributed by atoms with van der Waals surface area (Å²) < 4.78 is 0. The summed E-state index contributed by atoms with van der Waals surface area (Å²) in [5.41, 5.74) is 4.26. The standard InChI is InChI=1S/C8H10N2/c1-2-4-8-7(3-1)5-6-9-10-8/h2,4-7,9H,1,3H2/p+1. The molecule has 2 heteroatoms. The van der Waals surface area contributed by atoms with Gasteiger partial charge in [0.2, 0.25) is 5.71 Å². The average Bonchev–Trinajstić information content (AvgIpc) is 2.05. The van der Waals surface area contributed by atoms with Crippen molar-refractivity contribution in [3.05, 3.63) is 24.4 Å². The Hall–Kier alpha value is -1.05. The third kappa shape index (κ3) is 0.856. The lowest BCUT2D eigenvalue weighted by atomic mass is 9.92. The first-order valence-corrected chi connectivity index (χ1v) is 3.68. The molecular formula is C8H11N2+. The number of hydrazine groups is 1. The summed E-state index contributed by atoms with van der Waals surface area (Å²) in [7, 11) is 0. The molecule has 0 bridgehead atoms. The zero-order chi connectivity index (χ0) is 6.81. The topological polar surface area (TPSA) is 26.0 Å². The van der Waals surface area contributed by atoms with Crippen LogP contribution in [0.3, 0.4) is 0 Å². The van der Waals surface area contributed by atoms with E-state index in [1.807, 2.05) is 6.20 Å². The van der Waals surface area contributed by atoms with Crippen LogP contribution in [-0.4, -0.2) is 5.71 Å². The molecule has 1 aliphatic heterocycles. The van der Waals surface area contributed by atoms with Crippen LogP contribution in [-0.2, 0) is 0 Å². The predicted molar refractivity (Wildman–Crippen MR) is 40.1 cm³/mol. The van der Waals surface area contributed by atoms with Crippen LogP contribution in [0.25, 0.3) is 0 Å². The van der Waals surface area contributed by atoms with Crippen LogP contribution < -0.4 is 10.5 Å². The predicted octanol–water partition coefficient (Wildman–Crippen LogP) is -0.494. The van der Waals surface area contributed by atoms with E-state index in [9.17, 15) is 0 Å². The molecule has 0 saturated heterocycles. The molecule has 0 saturated carbocycles. The first-order valence-electron chi connectivity index (χ1n) is 3.68. The Morgan fingerprint density at radius 1 is 1.60 bits per heavy atom. The van der Waals surface area contributed by atoms with Crippen molar-refractivity contribution in [3.63, 3.8) is 0 Å². The van der Waals surface area contributed by atoms with Gasteiger partial charge >= 0.3 is 0 Å². The van der Waals surface area contributed by atoms with E-state index in [1.54, 1.807) is 0 Å². The number of allylic oxidation sites excluding steroid dienone is 3. The van der Waals surface area contributed by atoms with E-state index in [1.165, 1.54) is 18.6 Å². The van der Waals surface area contributed by atoms with Gasteiger partial charge in [0.25, 0.3) is 0 Å². The van der Waals surface area contributed by atoms with Crippen molar-refractivity contribution in [2.75, 3.05) is 0 Å². The fraction of sp³-hybridized carbons (Fsp3) is 0.375. The summed E-state index contributed by atoms with van der Waals surface area (Å²) in [6.07, 6.45) is 11.0. The highest BCUT2D eigenvalue weighted by Crippen LogP contribution is 2.15. The van der Waals surface area contributed by atoms with Crippen molar-refractivity contribution in [2.24, 2.45) is 5.92 Å². The molecule has 1 aliphatic carbocycles. The normalized spacial score (nSPS) is 28.8. The highest BCUT2D eigenvalue weighted by atomic mass is 15.3. The van der Waals surface area contributed by atoms with Crippen molar-refractivity contribution in [1.29, 1.82) is 0 Å². The Balaban J connectivity index is 2.26. The van der Waals surface area contributed by atoms with Gasteiger partial charge in [-0.15, -0.1) is 5.10 Å². The number of fused-ring (bicyclic) bond motifs is 1. The van der Waals surface area contributed by atoms with Gasteiger partial charge in [-0.1, -0.05) is 6.08 Å². The summed E-state index contributed by atoms with van der Waals surface area (Å²) >= 11 is 0. The van der Waals surface area contributed by atoms with Gasteiger partial charge in [0, 0.05) is 6.08 Å². The van der Waals surface area contributed by atoms with Gasteiger partial charge in [-0.2, -0.15) is 5.43 Å². The molecule has 0 radical (unpaired) electrons. The lowest BCUT2D eigenvalue weighted by Gasteiger charge is -2.13. The zero-order valence-corrected chi connectivity index (χ0v) is 5.80. The van der Waals surface area contributed by atoms with E-state index in [-0.39, 0.29) is 0 Å². The molecule has 2 aliphatic rings. The molecule has 1 heterocycles. The molecule has 2 nitrogen and oxygen atoms in total. The number of hydrazone groups is 1. The summed E-state index contributed by atoms with van der Waals surface area (Å²) in [5.74, 6) is 0.631. The summed E-state index contributed by atoms with van der Waals surface area (Å²) in [6, 6.07) is 0. The first-order chi connectivity index (χ1) is 4.97. The van der Waals surface area contributed by atoms with Crippen molar-refractivity contribution < 1.29 is 5.10 Å². The van der Waals surface area contributed by atoms with E-state index < -0.39 is 0 Å². The molecule has 1 unspecified atom stereocenters. The smallest absolute Gasteiger partial charge is 0.175 e. The number of nitrogens with one attached hydrogen (secondary N) is 2. The maximum atomic E-state index is 3.11. The molecule has 2 rings (SSSR count). The number of hydrogen-bond donors (Lipinski definition) is 2. The van der Waals surface area contributed by atoms with E-state index in [0.717, 1.165) is 0 Å². The minimum Gasteiger partial charge on any atom is -0.175 e. The van der Waals surface area contributed by atoms with Crippen LogP contribution in [0.5, 0.6) is 0 Å². The van der Waals surface area contributed by atoms with Gasteiger partial charge < -0.3 is 0 Å². The van der Waals surface area contributed by atoms with E-state index in [2.05, 4.69) is 28.8 Å². The van der Waals surface area contributed by atoms with Gasteiger partial charge in [-0.3, -0.25) is 0 Å². The average molecular weight is 135 g/mol. The van der Waals surface area contributed by atoms with Crippen molar-refractivity contribution in [3.8, 4) is 0 Å². The molecule has 0 aromatic rings. The van der Waals surface area contributed by atoms with Crippen molar-refractivity contribution in [2.45, 2.75) is 12.8 Å². The molecule has 0 amide bonds. The largest absolute Gasteiger partial charge is 0.209 e. The highest BCUT2D eigenvalue weighted by Gasteiger charge is 2.20. The third-order valence-corrected chi connectivity index (χ3v) is 1.97. The molecule has 52 valence electrons. The Labute approximate surface area is 60.3 Å². The maximum Gasteiger partial charge on any atom is 0.209 e. The Morgan fingerprint density at radius 2 is 2.60 bits per heavy atom. The second-order valence-corrected chi connectivity index (χ2v) is 2.67. The van der Waals surface area contributed by atoms with Crippen LogP contribution in [0.2, 0.25) is 0 Å². The SMILES string of the molecule is C1=CC2=[NH+]NC=CC2CC1. The monoisotopic (exact) mass is 135 g/mol. The number of hydrogen-bond acceptors (Lipinski definition) is 1. The molecule has 2 N–H and O–H groups in total. The fourth-order valence-corrected chi connectivity index (χ4v) is 1.39. The van der Waals surface area contributed by atoms with Gasteiger partial charge in [-0.05, 0) is 18.9 Å². The first kappa shape index (κ1) is 5.71. The van der Waals surface area contributed by atoms with Gasteiger partial charge in [-0.25, -0.2) is 0 Å². The van der Waals surface area contributed by atoms with Crippen LogP contribution in [0.15, 0.2) is 24.4 Å². The molecule has 1 atom stereocenters. The van der Waals surface area contributed by atoms with Crippen LogP contribution >= 0.6 is 0 Å². The molecule has 0 fully saturated rings. The molecule has 0 aromatic heterocycles. The van der Waals surface area contributed by atoms with Crippen LogP contribution in [0.1, 0.15) is 12.8 Å². The number of rotatable bonds is 0. The second-order valence-electron chi connectivity index (χ2n) is 2.67. The Morgan fingerprint density at radius 3 is 3.50 bits per heavy atom. The summed E-state index contributed by atoms with van der Waals surface area (Å²) in [5, 5.41) is 3.11. The highest BCUT2D eigenvalue weighted by molar-refractivity contribution is 5.94. The van der Waals surface area contributed by atoms with Crippen LogP contribution in [0.4, 0.5) is 0 Å². The summed E-state index contributed by atoms with van der Waals surface area (Å²) in [6.45, 7) is 0. The molecule has 0 spiro atoms. The maximum absolute atomic E-state index is 3.11. The second kappa shape index (κ2) is 2.29. The van der Waals surface area contributed by atoms with Gasteiger partial charge in [0.05, 0.1) is 12.1 Å². The van der Waals surface area contributed by atoms with Crippen LogP contribution in [0, 0.1) is 5.92 Å². The third-order valence-electron chi connectivity index (χ3n) is 1.97. The van der Waals surface area contributed by atoms with E-state index in [4.69, 9.17) is 0 Å². The van der Waals surface area contributed by atoms with Gasteiger partial charge in [0.15, 0.2) is 0 Å². The molecule has 10 heavy (non-hydrogen) atoms. The molecular weight excluding hydrogens is 124 g/mol. The molecule has 0 aromatic carbocycles. The Bertz CT molecular complexity index is 213. The lowest BCUT2D eigenvalue weighted by molar-refractivity contribution is -0.517. The van der Waals surface area contributed by atoms with Crippen molar-refractivity contribution in [1.82, 2.24) is 5.43 Å². The minimum absolute atomic E-state index is 0.631. The van der Waals surface area contributed by atoms with E-state index >= 15 is 0 Å². The zero-order valence-electron chi connectivity index (χ0n) is 5.80. The lowest BCUT2D eigenvalue weighted by Crippen LogP contribution is -2.83. The fourth-order valence-electron chi connectivity index (χ4n) is 1.39. The summed E-state index contributed by atoms with van der Waals surface area (Å²) in [4.78, 5) is 0. The Kier molecular flexibility index (Phi) is 1.31. The quantitative estimate of drug-likeness (QED) is 0.460. The van der Waals surface area contributed by atoms with Crippen molar-refractivity contribution >= 4 is 5.71 Å².